The van der Waals surface area contributed by atoms with Crippen LogP contribution in [0.3, 0.4) is 0 Å². The van der Waals surface area contributed by atoms with Gasteiger partial charge in [-0.05, 0) is 6.42 Å². The van der Waals surface area contributed by atoms with Crippen LogP contribution in [0.25, 0.3) is 0 Å². The molecule has 0 aromatic rings. The first-order valence-electron chi connectivity index (χ1n) is 3.35. The molecular formula is C7H10O2. The van der Waals surface area contributed by atoms with E-state index in [2.05, 4.69) is 12.2 Å². The van der Waals surface area contributed by atoms with E-state index in [9.17, 15) is 0 Å². The van der Waals surface area contributed by atoms with Crippen molar-refractivity contribution in [1.82, 2.24) is 0 Å². The Hall–Kier alpha value is -0.340. The maximum absolute atomic E-state index is 8.77. The number of hydrogen-bond donors (Lipinski definition) is 1. The molecule has 0 radical (unpaired) electrons. The summed E-state index contributed by atoms with van der Waals surface area (Å²) in [6.07, 6.45) is 5.68. The highest BCUT2D eigenvalue weighted by Crippen LogP contribution is 2.32. The molecule has 0 aromatic carbocycles. The van der Waals surface area contributed by atoms with Crippen molar-refractivity contribution in [2.24, 2.45) is 5.92 Å². The summed E-state index contributed by atoms with van der Waals surface area (Å²) < 4.78 is 5.40. The molecule has 0 spiro atoms. The molecule has 0 unspecified atom stereocenters. The van der Waals surface area contributed by atoms with E-state index in [4.69, 9.17) is 9.84 Å². The fourth-order valence-electron chi connectivity index (χ4n) is 1.54. The van der Waals surface area contributed by atoms with E-state index < -0.39 is 0 Å². The monoisotopic (exact) mass is 126 g/mol. The lowest BCUT2D eigenvalue weighted by Crippen LogP contribution is -2.16. The zero-order valence-corrected chi connectivity index (χ0v) is 5.16. The third-order valence-electron chi connectivity index (χ3n) is 2.08. The van der Waals surface area contributed by atoms with Gasteiger partial charge in [0.1, 0.15) is 0 Å². The molecule has 2 aliphatic heterocycles. The Balaban J connectivity index is 2.10. The predicted molar refractivity (Wildman–Crippen MR) is 33.0 cm³/mol. The summed E-state index contributed by atoms with van der Waals surface area (Å²) in [6, 6.07) is 0. The number of rotatable bonds is 1. The van der Waals surface area contributed by atoms with Gasteiger partial charge in [0.15, 0.2) is 0 Å². The van der Waals surface area contributed by atoms with Crippen LogP contribution >= 0.6 is 0 Å². The van der Waals surface area contributed by atoms with Crippen LogP contribution in [0, 0.1) is 5.92 Å². The van der Waals surface area contributed by atoms with E-state index in [0.717, 1.165) is 6.42 Å². The summed E-state index contributed by atoms with van der Waals surface area (Å²) in [5, 5.41) is 8.77. The molecule has 2 nitrogen and oxygen atoms in total. The molecule has 0 saturated carbocycles. The minimum atomic E-state index is 0.222. The largest absolute Gasteiger partial charge is 0.396 e. The summed E-state index contributed by atoms with van der Waals surface area (Å²) in [7, 11) is 0. The van der Waals surface area contributed by atoms with E-state index in [1.807, 2.05) is 0 Å². The van der Waals surface area contributed by atoms with Gasteiger partial charge < -0.3 is 9.84 Å². The lowest BCUT2D eigenvalue weighted by molar-refractivity contribution is 0.0949. The lowest BCUT2D eigenvalue weighted by atomic mass is 9.95. The Morgan fingerprint density at radius 1 is 1.56 bits per heavy atom. The molecule has 2 bridgehead atoms. The van der Waals surface area contributed by atoms with E-state index in [1.54, 1.807) is 0 Å². The Labute approximate surface area is 54.1 Å². The van der Waals surface area contributed by atoms with E-state index in [0.29, 0.717) is 12.0 Å². The topological polar surface area (TPSA) is 29.5 Å². The maximum Gasteiger partial charge on any atom is 0.0815 e. The number of fused-ring (bicyclic) bond motifs is 2. The van der Waals surface area contributed by atoms with E-state index in [-0.39, 0.29) is 12.7 Å². The van der Waals surface area contributed by atoms with Gasteiger partial charge in [-0.3, -0.25) is 0 Å². The minimum absolute atomic E-state index is 0.222. The Morgan fingerprint density at radius 3 is 2.78 bits per heavy atom. The van der Waals surface area contributed by atoms with Crippen LogP contribution < -0.4 is 0 Å². The van der Waals surface area contributed by atoms with E-state index >= 15 is 0 Å². The third-order valence-corrected chi connectivity index (χ3v) is 2.08. The smallest absolute Gasteiger partial charge is 0.0815 e. The maximum atomic E-state index is 8.77. The fraction of sp³-hybridized carbons (Fsp3) is 0.714. The van der Waals surface area contributed by atoms with Crippen LogP contribution in [0.1, 0.15) is 6.42 Å². The van der Waals surface area contributed by atoms with Crippen molar-refractivity contribution in [2.75, 3.05) is 6.61 Å². The normalized spacial score (nSPS) is 46.6. The van der Waals surface area contributed by atoms with Crippen molar-refractivity contribution in [3.8, 4) is 0 Å². The molecular weight excluding hydrogens is 116 g/mol. The highest BCUT2D eigenvalue weighted by Gasteiger charge is 2.35. The number of hydrogen-bond acceptors (Lipinski definition) is 2. The highest BCUT2D eigenvalue weighted by atomic mass is 16.5. The van der Waals surface area contributed by atoms with Crippen LogP contribution in [-0.2, 0) is 4.74 Å². The van der Waals surface area contributed by atoms with Crippen LogP contribution in [0.15, 0.2) is 12.2 Å². The second kappa shape index (κ2) is 1.82. The minimum Gasteiger partial charge on any atom is -0.396 e. The second-order valence-electron chi connectivity index (χ2n) is 2.70. The fourth-order valence-corrected chi connectivity index (χ4v) is 1.54. The van der Waals surface area contributed by atoms with Crippen LogP contribution in [0.2, 0.25) is 0 Å². The van der Waals surface area contributed by atoms with Gasteiger partial charge in [0, 0.05) is 12.5 Å². The van der Waals surface area contributed by atoms with Crippen LogP contribution in [0.5, 0.6) is 0 Å². The van der Waals surface area contributed by atoms with Gasteiger partial charge >= 0.3 is 0 Å². The van der Waals surface area contributed by atoms with Gasteiger partial charge in [-0.25, -0.2) is 0 Å². The Kier molecular flexibility index (Phi) is 1.10. The van der Waals surface area contributed by atoms with Crippen molar-refractivity contribution >= 4 is 0 Å². The van der Waals surface area contributed by atoms with Crippen LogP contribution in [0.4, 0.5) is 0 Å². The van der Waals surface area contributed by atoms with Gasteiger partial charge in [0.05, 0.1) is 12.2 Å². The summed E-state index contributed by atoms with van der Waals surface area (Å²) in [4.78, 5) is 0. The molecule has 1 fully saturated rings. The Bertz CT molecular complexity index is 142. The number of ether oxygens (including phenoxy) is 1. The molecule has 2 heteroatoms. The zero-order chi connectivity index (χ0) is 6.27. The highest BCUT2D eigenvalue weighted by molar-refractivity contribution is 5.10. The zero-order valence-electron chi connectivity index (χ0n) is 5.16. The van der Waals surface area contributed by atoms with Crippen molar-refractivity contribution in [2.45, 2.75) is 18.6 Å². The first-order valence-corrected chi connectivity index (χ1v) is 3.35. The summed E-state index contributed by atoms with van der Waals surface area (Å²) in [6.45, 7) is 0.269. The third kappa shape index (κ3) is 0.705. The first-order chi connectivity index (χ1) is 4.40. The first kappa shape index (κ1) is 5.45. The van der Waals surface area contributed by atoms with Crippen molar-refractivity contribution in [3.05, 3.63) is 12.2 Å². The molecule has 0 aromatic heterocycles. The molecule has 0 aliphatic carbocycles. The van der Waals surface area contributed by atoms with Gasteiger partial charge in [-0.1, -0.05) is 12.2 Å². The van der Waals surface area contributed by atoms with Gasteiger partial charge in [-0.15, -0.1) is 0 Å². The molecule has 3 atom stereocenters. The number of aliphatic hydroxyl groups excluding tert-OH is 1. The predicted octanol–water partition coefficient (Wildman–Crippen LogP) is 0.322. The van der Waals surface area contributed by atoms with Crippen LogP contribution in [-0.4, -0.2) is 23.9 Å². The van der Waals surface area contributed by atoms with Crippen molar-refractivity contribution in [1.29, 1.82) is 0 Å². The van der Waals surface area contributed by atoms with E-state index in [1.165, 1.54) is 0 Å². The van der Waals surface area contributed by atoms with Gasteiger partial charge in [0.2, 0.25) is 0 Å². The molecule has 1 saturated heterocycles. The molecule has 1 N–H and O–H groups in total. The van der Waals surface area contributed by atoms with Gasteiger partial charge in [0.25, 0.3) is 0 Å². The molecule has 50 valence electrons. The molecule has 9 heavy (non-hydrogen) atoms. The molecule has 2 rings (SSSR count). The average Bonchev–Trinajstić information content (AvgIpc) is 2.45. The summed E-state index contributed by atoms with van der Waals surface area (Å²) >= 11 is 0. The SMILES string of the molecule is OC[C@@H]1C[C@H]2C=C[C@H]1O2. The van der Waals surface area contributed by atoms with Crippen molar-refractivity contribution in [3.63, 3.8) is 0 Å². The molecule has 2 aliphatic rings. The standard InChI is InChI=1S/C7H10O2/c8-4-5-3-6-1-2-7(5)9-6/h1-2,5-8H,3-4H2/t5-,6+,7+/m0/s1. The van der Waals surface area contributed by atoms with Gasteiger partial charge in [-0.2, -0.15) is 0 Å². The lowest BCUT2D eigenvalue weighted by Gasteiger charge is -2.10. The second-order valence-corrected chi connectivity index (χ2v) is 2.70. The summed E-state index contributed by atoms with van der Waals surface area (Å²) in [5.41, 5.74) is 0. The quantitative estimate of drug-likeness (QED) is 0.513. The summed E-state index contributed by atoms with van der Waals surface area (Å²) in [5.74, 6) is 0.375. The molecule has 0 amide bonds. The molecule has 2 heterocycles. The Morgan fingerprint density at radius 2 is 2.44 bits per heavy atom. The number of aliphatic hydroxyl groups is 1. The average molecular weight is 126 g/mol. The van der Waals surface area contributed by atoms with Crippen molar-refractivity contribution < 1.29 is 9.84 Å².